The molecule has 0 bridgehead atoms. The molecule has 3 amide bonds. The van der Waals surface area contributed by atoms with Crippen molar-refractivity contribution < 1.29 is 33.0 Å². The molecule has 0 unspecified atom stereocenters. The molecule has 2 aromatic rings. The van der Waals surface area contributed by atoms with Crippen LogP contribution in [0.4, 0.5) is 20.6 Å². The van der Waals surface area contributed by atoms with E-state index >= 15 is 0 Å². The van der Waals surface area contributed by atoms with Gasteiger partial charge in [-0.15, -0.1) is 0 Å². The number of rotatable bonds is 7. The van der Waals surface area contributed by atoms with Gasteiger partial charge in [0.2, 0.25) is 11.8 Å². The molecule has 2 N–H and O–H groups in total. The quantitative estimate of drug-likeness (QED) is 0.573. The van der Waals surface area contributed by atoms with Gasteiger partial charge in [-0.3, -0.25) is 14.5 Å². The Labute approximate surface area is 201 Å². The number of piperazine rings is 1. The van der Waals surface area contributed by atoms with E-state index in [0.29, 0.717) is 49.1 Å². The van der Waals surface area contributed by atoms with Crippen LogP contribution in [0.25, 0.3) is 6.08 Å². The Hall–Kier alpha value is -3.86. The van der Waals surface area contributed by atoms with E-state index < -0.39 is 18.0 Å². The topological polar surface area (TPSA) is 116 Å². The molecular formula is C24H27FN4O6. The summed E-state index contributed by atoms with van der Waals surface area (Å²) in [5.41, 5.74) is 0.772. The first kappa shape index (κ1) is 24.3. The highest BCUT2D eigenvalue weighted by Gasteiger charge is 2.33. The van der Waals surface area contributed by atoms with Gasteiger partial charge in [-0.2, -0.15) is 0 Å². The number of aliphatic hydroxyl groups excluding tert-OH is 1. The molecule has 2 aliphatic heterocycles. The van der Waals surface area contributed by atoms with Crippen LogP contribution in [0.1, 0.15) is 18.4 Å². The predicted octanol–water partition coefficient (Wildman–Crippen LogP) is 1.73. The summed E-state index contributed by atoms with van der Waals surface area (Å²) in [6.45, 7) is 3.34. The summed E-state index contributed by atoms with van der Waals surface area (Å²) in [6.07, 6.45) is 1.88. The summed E-state index contributed by atoms with van der Waals surface area (Å²) < 4.78 is 25.5. The summed E-state index contributed by atoms with van der Waals surface area (Å²) in [6, 6.07) is 7.88. The normalized spacial score (nSPS) is 18.3. The molecule has 11 heteroatoms. The Morgan fingerprint density at radius 3 is 2.63 bits per heavy atom. The number of halogens is 1. The number of ether oxygens (including phenoxy) is 1. The van der Waals surface area contributed by atoms with Crippen molar-refractivity contribution in [3.05, 3.63) is 53.7 Å². The van der Waals surface area contributed by atoms with Crippen molar-refractivity contribution in [2.45, 2.75) is 19.6 Å². The van der Waals surface area contributed by atoms with Gasteiger partial charge in [-0.05, 0) is 36.4 Å². The number of furan rings is 1. The van der Waals surface area contributed by atoms with Gasteiger partial charge in [0.1, 0.15) is 30.0 Å². The fourth-order valence-corrected chi connectivity index (χ4v) is 4.01. The van der Waals surface area contributed by atoms with Crippen molar-refractivity contribution in [3.63, 3.8) is 0 Å². The second kappa shape index (κ2) is 10.6. The van der Waals surface area contributed by atoms with Crippen molar-refractivity contribution in [3.8, 4) is 0 Å². The van der Waals surface area contributed by atoms with Crippen molar-refractivity contribution in [1.82, 2.24) is 10.2 Å². The van der Waals surface area contributed by atoms with E-state index in [2.05, 4.69) is 5.32 Å². The molecule has 186 valence electrons. The highest BCUT2D eigenvalue weighted by Crippen LogP contribution is 2.28. The molecule has 1 aromatic carbocycles. The average molecular weight is 487 g/mol. The highest BCUT2D eigenvalue weighted by atomic mass is 19.1. The number of amides is 3. The maximum absolute atomic E-state index is 15.0. The van der Waals surface area contributed by atoms with Crippen molar-refractivity contribution >= 4 is 35.4 Å². The first-order valence-electron chi connectivity index (χ1n) is 11.3. The molecule has 1 aromatic heterocycles. The Morgan fingerprint density at radius 1 is 1.20 bits per heavy atom. The number of carbonyl (C=O) groups is 3. The van der Waals surface area contributed by atoms with Gasteiger partial charge in [0.05, 0.1) is 24.5 Å². The van der Waals surface area contributed by atoms with Crippen LogP contribution in [0, 0.1) is 5.82 Å². The number of nitrogens with zero attached hydrogens (tertiary/aromatic N) is 3. The predicted molar refractivity (Wildman–Crippen MR) is 125 cm³/mol. The van der Waals surface area contributed by atoms with E-state index in [-0.39, 0.29) is 31.5 Å². The molecular weight excluding hydrogens is 459 g/mol. The van der Waals surface area contributed by atoms with E-state index in [9.17, 15) is 18.8 Å². The fourth-order valence-electron chi connectivity index (χ4n) is 4.01. The number of carbonyl (C=O) groups excluding carboxylic acids is 3. The summed E-state index contributed by atoms with van der Waals surface area (Å²) in [7, 11) is 0. The molecule has 2 saturated heterocycles. The standard InChI is InChI=1S/C24H27FN4O6/c1-16(31)26-13-20-14-29(24(33)35-20)17-2-6-22(21(25)12-17)27-8-10-28(11-9-27)23(32)7-5-18-3-4-19(15-30)34-18/h2-7,12,20,30H,8-11,13-15H2,1H3,(H,26,31)/b7-5+/t20-/m0/s1. The van der Waals surface area contributed by atoms with E-state index in [4.69, 9.17) is 14.3 Å². The van der Waals surface area contributed by atoms with Gasteiger partial charge in [-0.1, -0.05) is 0 Å². The van der Waals surface area contributed by atoms with Crippen LogP contribution in [-0.4, -0.2) is 73.3 Å². The van der Waals surface area contributed by atoms with E-state index in [1.807, 2.05) is 4.90 Å². The number of hydrogen-bond acceptors (Lipinski definition) is 7. The first-order chi connectivity index (χ1) is 16.8. The minimum Gasteiger partial charge on any atom is -0.459 e. The lowest BCUT2D eigenvalue weighted by Gasteiger charge is -2.36. The van der Waals surface area contributed by atoms with Crippen LogP contribution in [0.5, 0.6) is 0 Å². The van der Waals surface area contributed by atoms with Crippen molar-refractivity contribution in [2.75, 3.05) is 49.1 Å². The van der Waals surface area contributed by atoms with Gasteiger partial charge in [0.25, 0.3) is 0 Å². The minimum absolute atomic E-state index is 0.177. The second-order valence-corrected chi connectivity index (χ2v) is 8.30. The summed E-state index contributed by atoms with van der Waals surface area (Å²) >= 11 is 0. The van der Waals surface area contributed by atoms with Gasteiger partial charge in [0.15, 0.2) is 0 Å². The molecule has 10 nitrogen and oxygen atoms in total. The molecule has 2 fully saturated rings. The molecule has 0 radical (unpaired) electrons. The molecule has 35 heavy (non-hydrogen) atoms. The fraction of sp³-hybridized carbons (Fsp3) is 0.375. The van der Waals surface area contributed by atoms with Crippen LogP contribution in [0.15, 0.2) is 40.8 Å². The van der Waals surface area contributed by atoms with E-state index in [1.54, 1.807) is 35.2 Å². The first-order valence-corrected chi connectivity index (χ1v) is 11.3. The molecule has 2 aliphatic rings. The van der Waals surface area contributed by atoms with Gasteiger partial charge >= 0.3 is 6.09 Å². The molecule has 1 atom stereocenters. The molecule has 0 spiro atoms. The SMILES string of the molecule is CC(=O)NC[C@H]1CN(c2ccc(N3CCN(C(=O)/C=C/c4ccc(CO)o4)CC3)c(F)c2)C(=O)O1. The maximum Gasteiger partial charge on any atom is 0.414 e. The molecule has 0 saturated carbocycles. The highest BCUT2D eigenvalue weighted by molar-refractivity contribution is 5.92. The lowest BCUT2D eigenvalue weighted by molar-refractivity contribution is -0.126. The molecule has 3 heterocycles. The van der Waals surface area contributed by atoms with E-state index in [1.165, 1.54) is 24.0 Å². The Bertz CT molecular complexity index is 1120. The van der Waals surface area contributed by atoms with Crippen molar-refractivity contribution in [1.29, 1.82) is 0 Å². The lowest BCUT2D eigenvalue weighted by Crippen LogP contribution is -2.48. The smallest absolute Gasteiger partial charge is 0.414 e. The van der Waals surface area contributed by atoms with Crippen LogP contribution in [0.3, 0.4) is 0 Å². The molecule has 4 rings (SSSR count). The Balaban J connectivity index is 1.32. The zero-order valence-corrected chi connectivity index (χ0v) is 19.3. The Kier molecular flexibility index (Phi) is 7.35. The number of aliphatic hydroxyl groups is 1. The third-order valence-electron chi connectivity index (χ3n) is 5.86. The van der Waals surface area contributed by atoms with Gasteiger partial charge < -0.3 is 29.4 Å². The largest absolute Gasteiger partial charge is 0.459 e. The minimum atomic E-state index is -0.588. The average Bonchev–Trinajstić information content (AvgIpc) is 3.47. The Morgan fingerprint density at radius 2 is 1.97 bits per heavy atom. The van der Waals surface area contributed by atoms with Gasteiger partial charge in [-0.25, -0.2) is 9.18 Å². The molecule has 0 aliphatic carbocycles. The van der Waals surface area contributed by atoms with Gasteiger partial charge in [0, 0.05) is 39.2 Å². The maximum atomic E-state index is 15.0. The number of benzene rings is 1. The summed E-state index contributed by atoms with van der Waals surface area (Å²) in [5.74, 6) is 0.0279. The monoisotopic (exact) mass is 486 g/mol. The zero-order chi connectivity index (χ0) is 24.9. The number of hydrogen-bond donors (Lipinski definition) is 2. The van der Waals surface area contributed by atoms with Crippen LogP contribution in [-0.2, 0) is 20.9 Å². The van der Waals surface area contributed by atoms with Crippen LogP contribution >= 0.6 is 0 Å². The number of cyclic esters (lactones) is 1. The van der Waals surface area contributed by atoms with Crippen LogP contribution in [0.2, 0.25) is 0 Å². The third-order valence-corrected chi connectivity index (χ3v) is 5.86. The van der Waals surface area contributed by atoms with E-state index in [0.717, 1.165) is 0 Å². The number of nitrogens with one attached hydrogen (secondary N) is 1. The summed E-state index contributed by atoms with van der Waals surface area (Å²) in [4.78, 5) is 40.6. The lowest BCUT2D eigenvalue weighted by atomic mass is 10.2. The van der Waals surface area contributed by atoms with Crippen molar-refractivity contribution in [2.24, 2.45) is 0 Å². The second-order valence-electron chi connectivity index (χ2n) is 8.30. The zero-order valence-electron chi connectivity index (χ0n) is 19.3. The summed E-state index contributed by atoms with van der Waals surface area (Å²) in [5, 5.41) is 11.6. The van der Waals surface area contributed by atoms with Crippen LogP contribution < -0.4 is 15.1 Å². The number of anilines is 2. The third kappa shape index (κ3) is 5.80.